The third kappa shape index (κ3) is 3.88. The lowest BCUT2D eigenvalue weighted by molar-refractivity contribution is -0.116. The largest absolute Gasteiger partial charge is 0.343 e. The van der Waals surface area contributed by atoms with Gasteiger partial charge in [-0.2, -0.15) is 0 Å². The number of carbonyl (C=O) groups excluding carboxylic acids is 1. The van der Waals surface area contributed by atoms with Crippen LogP contribution in [0.1, 0.15) is 47.4 Å². The highest BCUT2D eigenvalue weighted by atomic mass is 32.2. The fraction of sp³-hybridized carbons (Fsp3) is 0.240. The lowest BCUT2D eigenvalue weighted by Crippen LogP contribution is -2.32. The van der Waals surface area contributed by atoms with E-state index >= 15 is 0 Å². The van der Waals surface area contributed by atoms with Crippen LogP contribution in [0.15, 0.2) is 69.8 Å². The van der Waals surface area contributed by atoms with E-state index in [4.69, 9.17) is 0 Å². The number of thioether (sulfide) groups is 1. The molecule has 0 saturated carbocycles. The van der Waals surface area contributed by atoms with Crippen LogP contribution in [0.2, 0.25) is 0 Å². The molecule has 1 aromatic heterocycles. The summed E-state index contributed by atoms with van der Waals surface area (Å²) >= 11 is 1.45. The fourth-order valence-electron chi connectivity index (χ4n) is 4.36. The van der Waals surface area contributed by atoms with Crippen LogP contribution in [0.3, 0.4) is 0 Å². The van der Waals surface area contributed by atoms with Gasteiger partial charge in [0.05, 0.1) is 5.56 Å². The molecule has 1 atom stereocenters. The summed E-state index contributed by atoms with van der Waals surface area (Å²) in [6.07, 6.45) is 1.87. The van der Waals surface area contributed by atoms with Crippen LogP contribution in [-0.2, 0) is 10.5 Å². The van der Waals surface area contributed by atoms with Gasteiger partial charge in [0.25, 0.3) is 5.56 Å². The number of carbonyl (C=O) groups is 1. The van der Waals surface area contributed by atoms with Crippen molar-refractivity contribution in [2.75, 3.05) is 5.32 Å². The number of rotatable bonds is 4. The molecule has 2 N–H and O–H groups in total. The van der Waals surface area contributed by atoms with Gasteiger partial charge in [0.1, 0.15) is 11.6 Å². The third-order valence-electron chi connectivity index (χ3n) is 5.91. The van der Waals surface area contributed by atoms with Gasteiger partial charge in [0, 0.05) is 29.4 Å². The van der Waals surface area contributed by atoms with Gasteiger partial charge in [-0.25, -0.2) is 9.37 Å². The van der Waals surface area contributed by atoms with E-state index < -0.39 is 11.7 Å². The molecule has 0 fully saturated rings. The molecule has 5 rings (SSSR count). The number of benzene rings is 2. The first kappa shape index (κ1) is 20.7. The lowest BCUT2D eigenvalue weighted by Gasteiger charge is -2.32. The van der Waals surface area contributed by atoms with Crippen molar-refractivity contribution in [3.05, 3.63) is 98.2 Å². The minimum Gasteiger partial charge on any atom is -0.343 e. The van der Waals surface area contributed by atoms with Crippen LogP contribution in [0, 0.1) is 12.7 Å². The first-order valence-electron chi connectivity index (χ1n) is 10.6. The second kappa shape index (κ2) is 8.39. The Morgan fingerprint density at radius 1 is 1.12 bits per heavy atom. The van der Waals surface area contributed by atoms with Crippen LogP contribution in [0.5, 0.6) is 0 Å². The van der Waals surface area contributed by atoms with Gasteiger partial charge in [-0.3, -0.25) is 9.59 Å². The van der Waals surface area contributed by atoms with Crippen molar-refractivity contribution >= 4 is 23.4 Å². The SMILES string of the molecule is Cc1ccc(CSc2nc3c(c(=O)[nH]2)C(c2cccc(F)c2)C2=C(CCCC2=O)N3)cc1. The number of hydrogen-bond donors (Lipinski definition) is 2. The molecule has 7 heteroatoms. The number of allylic oxidation sites excluding steroid dienone is 2. The fourth-order valence-corrected chi connectivity index (χ4v) is 5.18. The normalized spacial score (nSPS) is 17.6. The van der Waals surface area contributed by atoms with Gasteiger partial charge >= 0.3 is 0 Å². The molecule has 162 valence electrons. The van der Waals surface area contributed by atoms with E-state index in [1.54, 1.807) is 12.1 Å². The number of H-pyrrole nitrogens is 1. The average Bonchev–Trinajstić information content (AvgIpc) is 2.77. The number of aromatic nitrogens is 2. The Kier molecular flexibility index (Phi) is 5.43. The summed E-state index contributed by atoms with van der Waals surface area (Å²) < 4.78 is 14.0. The molecule has 3 aromatic rings. The molecule has 2 aliphatic rings. The summed E-state index contributed by atoms with van der Waals surface area (Å²) in [4.78, 5) is 33.6. The number of nitrogens with one attached hydrogen (secondary N) is 2. The monoisotopic (exact) mass is 447 g/mol. The quantitative estimate of drug-likeness (QED) is 0.431. The number of aromatic amines is 1. The van der Waals surface area contributed by atoms with Crippen LogP contribution in [0.4, 0.5) is 10.2 Å². The van der Waals surface area contributed by atoms with Crippen molar-refractivity contribution in [1.82, 2.24) is 9.97 Å². The zero-order chi connectivity index (χ0) is 22.2. The summed E-state index contributed by atoms with van der Waals surface area (Å²) in [5, 5.41) is 3.76. The Morgan fingerprint density at radius 3 is 2.72 bits per heavy atom. The predicted molar refractivity (Wildman–Crippen MR) is 123 cm³/mol. The van der Waals surface area contributed by atoms with Crippen LogP contribution in [-0.4, -0.2) is 15.8 Å². The molecule has 1 aliphatic carbocycles. The summed E-state index contributed by atoms with van der Waals surface area (Å²) in [7, 11) is 0. The molecule has 0 amide bonds. The van der Waals surface area contributed by atoms with Crippen LogP contribution in [0.25, 0.3) is 0 Å². The van der Waals surface area contributed by atoms with E-state index in [1.165, 1.54) is 29.5 Å². The molecule has 2 aromatic carbocycles. The first-order valence-corrected chi connectivity index (χ1v) is 11.6. The van der Waals surface area contributed by atoms with Crippen molar-refractivity contribution in [2.24, 2.45) is 0 Å². The second-order valence-electron chi connectivity index (χ2n) is 8.19. The van der Waals surface area contributed by atoms with Crippen LogP contribution < -0.4 is 10.9 Å². The molecule has 0 bridgehead atoms. The van der Waals surface area contributed by atoms with Gasteiger partial charge in [-0.15, -0.1) is 0 Å². The summed E-state index contributed by atoms with van der Waals surface area (Å²) in [5.74, 6) is 0.0837. The van der Waals surface area contributed by atoms with E-state index in [9.17, 15) is 14.0 Å². The van der Waals surface area contributed by atoms with E-state index in [0.29, 0.717) is 46.3 Å². The molecule has 2 heterocycles. The van der Waals surface area contributed by atoms with Crippen molar-refractivity contribution in [3.8, 4) is 0 Å². The van der Waals surface area contributed by atoms with Gasteiger partial charge in [-0.1, -0.05) is 53.7 Å². The number of nitrogens with zero attached hydrogens (tertiary/aromatic N) is 1. The average molecular weight is 448 g/mol. The van der Waals surface area contributed by atoms with Crippen molar-refractivity contribution in [1.29, 1.82) is 0 Å². The molecule has 0 saturated heterocycles. The topological polar surface area (TPSA) is 74.8 Å². The standard InChI is InChI=1S/C25H22FN3O2S/c1-14-8-10-15(11-9-14)13-32-25-28-23-22(24(31)29-25)20(16-4-2-5-17(26)12-16)21-18(27-23)6-3-7-19(21)30/h2,4-5,8-12,20H,3,6-7,13H2,1H3,(H2,27,28,29,31). The summed E-state index contributed by atoms with van der Waals surface area (Å²) in [5.41, 5.74) is 4.31. The van der Waals surface area contributed by atoms with Crippen molar-refractivity contribution in [2.45, 2.75) is 43.0 Å². The molecular weight excluding hydrogens is 425 g/mol. The zero-order valence-corrected chi connectivity index (χ0v) is 18.4. The predicted octanol–water partition coefficient (Wildman–Crippen LogP) is 5.07. The maximum absolute atomic E-state index is 14.0. The zero-order valence-electron chi connectivity index (χ0n) is 17.6. The summed E-state index contributed by atoms with van der Waals surface area (Å²) in [6.45, 7) is 2.04. The van der Waals surface area contributed by atoms with Crippen LogP contribution >= 0.6 is 11.8 Å². The number of halogens is 1. The van der Waals surface area contributed by atoms with Gasteiger partial charge < -0.3 is 10.3 Å². The van der Waals surface area contributed by atoms with E-state index in [1.807, 2.05) is 6.92 Å². The van der Waals surface area contributed by atoms with E-state index in [-0.39, 0.29) is 11.3 Å². The molecule has 1 unspecified atom stereocenters. The highest BCUT2D eigenvalue weighted by Gasteiger charge is 2.37. The third-order valence-corrected chi connectivity index (χ3v) is 6.86. The first-order chi connectivity index (χ1) is 15.5. The maximum Gasteiger partial charge on any atom is 0.257 e. The lowest BCUT2D eigenvalue weighted by atomic mass is 9.76. The Hall–Kier alpha value is -3.19. The second-order valence-corrected chi connectivity index (χ2v) is 9.15. The number of hydrogen-bond acceptors (Lipinski definition) is 5. The Balaban J connectivity index is 1.55. The number of Topliss-reactive ketones (excluding diaryl/α,β-unsaturated/α-hetero) is 1. The molecular formula is C25H22FN3O2S. The number of fused-ring (bicyclic) bond motifs is 1. The van der Waals surface area contributed by atoms with Gasteiger partial charge in [-0.05, 0) is 43.0 Å². The Morgan fingerprint density at radius 2 is 1.94 bits per heavy atom. The molecule has 1 aliphatic heterocycles. The molecule has 0 radical (unpaired) electrons. The van der Waals surface area contributed by atoms with Crippen molar-refractivity contribution < 1.29 is 9.18 Å². The number of ketones is 1. The molecule has 5 nitrogen and oxygen atoms in total. The minimum atomic E-state index is -0.628. The Bertz CT molecular complexity index is 1300. The summed E-state index contributed by atoms with van der Waals surface area (Å²) in [6, 6.07) is 14.3. The molecule has 0 spiro atoms. The highest BCUT2D eigenvalue weighted by molar-refractivity contribution is 7.98. The van der Waals surface area contributed by atoms with Crippen molar-refractivity contribution in [3.63, 3.8) is 0 Å². The van der Waals surface area contributed by atoms with Gasteiger partial charge in [0.15, 0.2) is 10.9 Å². The number of aryl methyl sites for hydroxylation is 1. The van der Waals surface area contributed by atoms with E-state index in [0.717, 1.165) is 17.7 Å². The minimum absolute atomic E-state index is 0.00381. The van der Waals surface area contributed by atoms with E-state index in [2.05, 4.69) is 39.6 Å². The highest BCUT2D eigenvalue weighted by Crippen LogP contribution is 2.43. The smallest absolute Gasteiger partial charge is 0.257 e. The van der Waals surface area contributed by atoms with Gasteiger partial charge in [0.2, 0.25) is 0 Å². The molecule has 32 heavy (non-hydrogen) atoms. The number of anilines is 1. The Labute approximate surface area is 189 Å². The maximum atomic E-state index is 14.0.